The molecule has 1 N–H and O–H groups in total. The Labute approximate surface area is 119 Å². The zero-order chi connectivity index (χ0) is 15.7. The van der Waals surface area contributed by atoms with Crippen LogP contribution in [-0.4, -0.2) is 35.1 Å². The lowest BCUT2D eigenvalue weighted by Gasteiger charge is -2.37. The van der Waals surface area contributed by atoms with Crippen LogP contribution in [0.5, 0.6) is 0 Å². The van der Waals surface area contributed by atoms with E-state index in [1.54, 1.807) is 6.92 Å². The van der Waals surface area contributed by atoms with Gasteiger partial charge in [-0.15, -0.1) is 0 Å². The lowest BCUT2D eigenvalue weighted by Crippen LogP contribution is -2.46. The number of carbonyl (C=O) groups excluding carboxylic acids is 1. The van der Waals surface area contributed by atoms with E-state index in [1.165, 1.54) is 4.90 Å². The fourth-order valence-electron chi connectivity index (χ4n) is 2.50. The highest BCUT2D eigenvalue weighted by Gasteiger charge is 2.32. The first kappa shape index (κ1) is 15.8. The molecule has 7 heteroatoms. The molecule has 1 heterocycles. The van der Waals surface area contributed by atoms with Gasteiger partial charge < -0.3 is 10.0 Å². The van der Waals surface area contributed by atoms with Gasteiger partial charge in [0.2, 0.25) is 0 Å². The third-order valence-electron chi connectivity index (χ3n) is 3.83. The third-order valence-corrected chi connectivity index (χ3v) is 3.83. The van der Waals surface area contributed by atoms with Crippen LogP contribution >= 0.6 is 0 Å². The predicted octanol–water partition coefficient (Wildman–Crippen LogP) is 2.48. The Kier molecular flexibility index (Phi) is 4.51. The van der Waals surface area contributed by atoms with Gasteiger partial charge in [-0.25, -0.2) is 17.6 Å². The molecule has 2 atom stereocenters. The number of halogens is 4. The molecular weight excluding hydrogens is 290 g/mol. The molecule has 1 aromatic carbocycles. The van der Waals surface area contributed by atoms with Crippen molar-refractivity contribution < 1.29 is 27.5 Å². The Morgan fingerprint density at radius 2 is 1.90 bits per heavy atom. The van der Waals surface area contributed by atoms with Crippen LogP contribution < -0.4 is 0 Å². The Bertz CT molecular complexity index is 564. The highest BCUT2D eigenvalue weighted by molar-refractivity contribution is 5.94. The van der Waals surface area contributed by atoms with Crippen molar-refractivity contribution in [2.45, 2.75) is 25.8 Å². The first-order chi connectivity index (χ1) is 9.86. The molecule has 0 radical (unpaired) electrons. The van der Waals surface area contributed by atoms with E-state index in [2.05, 4.69) is 0 Å². The molecule has 1 amide bonds. The number of nitrogens with zero attached hydrogens (tertiary/aromatic N) is 1. The van der Waals surface area contributed by atoms with Gasteiger partial charge in [0.05, 0.1) is 5.56 Å². The molecule has 2 unspecified atom stereocenters. The van der Waals surface area contributed by atoms with Crippen LogP contribution in [-0.2, 0) is 0 Å². The topological polar surface area (TPSA) is 40.5 Å². The van der Waals surface area contributed by atoms with Crippen LogP contribution in [0, 0.1) is 29.2 Å². The van der Waals surface area contributed by atoms with E-state index in [4.69, 9.17) is 5.11 Å². The van der Waals surface area contributed by atoms with Gasteiger partial charge in [0.15, 0.2) is 23.3 Å². The van der Waals surface area contributed by atoms with Crippen molar-refractivity contribution in [1.29, 1.82) is 0 Å². The SMILES string of the molecule is CC1CCC(CO)CN1C(=O)c1cc(F)c(F)c(F)c1F. The summed E-state index contributed by atoms with van der Waals surface area (Å²) in [6.45, 7) is 1.75. The molecule has 1 aliphatic rings. The van der Waals surface area contributed by atoms with Gasteiger partial charge in [0, 0.05) is 19.2 Å². The highest BCUT2D eigenvalue weighted by atomic mass is 19.2. The lowest BCUT2D eigenvalue weighted by atomic mass is 9.93. The van der Waals surface area contributed by atoms with Crippen LogP contribution in [0.15, 0.2) is 6.07 Å². The maximum Gasteiger partial charge on any atom is 0.257 e. The fourth-order valence-corrected chi connectivity index (χ4v) is 2.50. The van der Waals surface area contributed by atoms with Gasteiger partial charge in [0.1, 0.15) is 0 Å². The number of hydrogen-bond acceptors (Lipinski definition) is 2. The summed E-state index contributed by atoms with van der Waals surface area (Å²) in [7, 11) is 0. The summed E-state index contributed by atoms with van der Waals surface area (Å²) >= 11 is 0. The minimum Gasteiger partial charge on any atom is -0.396 e. The van der Waals surface area contributed by atoms with E-state index in [1.807, 2.05) is 0 Å². The quantitative estimate of drug-likeness (QED) is 0.518. The number of amides is 1. The zero-order valence-electron chi connectivity index (χ0n) is 11.4. The Morgan fingerprint density at radius 1 is 1.24 bits per heavy atom. The summed E-state index contributed by atoms with van der Waals surface area (Å²) in [6.07, 6.45) is 1.29. The summed E-state index contributed by atoms with van der Waals surface area (Å²) in [5.74, 6) is -8.32. The van der Waals surface area contributed by atoms with Crippen molar-refractivity contribution >= 4 is 5.91 Å². The van der Waals surface area contributed by atoms with E-state index in [-0.39, 0.29) is 25.1 Å². The van der Waals surface area contributed by atoms with Gasteiger partial charge in [-0.05, 0) is 31.7 Å². The number of piperidine rings is 1. The molecular formula is C14H15F4NO2. The maximum absolute atomic E-state index is 13.7. The number of rotatable bonds is 2. The number of aliphatic hydroxyl groups is 1. The lowest BCUT2D eigenvalue weighted by molar-refractivity contribution is 0.0482. The molecule has 1 aliphatic heterocycles. The normalized spacial score (nSPS) is 22.5. The summed E-state index contributed by atoms with van der Waals surface area (Å²) in [4.78, 5) is 13.5. The zero-order valence-corrected chi connectivity index (χ0v) is 11.4. The van der Waals surface area contributed by atoms with Crippen molar-refractivity contribution in [1.82, 2.24) is 4.90 Å². The first-order valence-electron chi connectivity index (χ1n) is 6.61. The summed E-state index contributed by atoms with van der Waals surface area (Å²) in [5, 5.41) is 9.14. The van der Waals surface area contributed by atoms with E-state index in [0.29, 0.717) is 18.9 Å². The van der Waals surface area contributed by atoms with Gasteiger partial charge in [-0.3, -0.25) is 4.79 Å². The predicted molar refractivity (Wildman–Crippen MR) is 66.6 cm³/mol. The molecule has 0 spiro atoms. The van der Waals surface area contributed by atoms with Gasteiger partial charge in [0.25, 0.3) is 5.91 Å². The second kappa shape index (κ2) is 6.01. The third kappa shape index (κ3) is 2.88. The van der Waals surface area contributed by atoms with Crippen molar-refractivity contribution in [3.05, 3.63) is 34.9 Å². The standard InChI is InChI=1S/C14H15F4NO2/c1-7-2-3-8(6-20)5-19(7)14(21)9-4-10(15)12(17)13(18)11(9)16/h4,7-8,20H,2-3,5-6H2,1H3. The van der Waals surface area contributed by atoms with Crippen molar-refractivity contribution in [3.63, 3.8) is 0 Å². The van der Waals surface area contributed by atoms with Gasteiger partial charge in [-0.2, -0.15) is 0 Å². The van der Waals surface area contributed by atoms with Crippen LogP contribution in [0.1, 0.15) is 30.1 Å². The van der Waals surface area contributed by atoms with Crippen LogP contribution in [0.2, 0.25) is 0 Å². The molecule has 2 rings (SSSR count). The molecule has 0 aliphatic carbocycles. The first-order valence-corrected chi connectivity index (χ1v) is 6.61. The fraction of sp³-hybridized carbons (Fsp3) is 0.500. The van der Waals surface area contributed by atoms with Gasteiger partial charge >= 0.3 is 0 Å². The number of hydrogen-bond donors (Lipinski definition) is 1. The summed E-state index contributed by atoms with van der Waals surface area (Å²) in [6, 6.07) is 0.113. The Balaban J connectivity index is 2.35. The Hall–Kier alpha value is -1.63. The minimum absolute atomic E-state index is 0.134. The number of benzene rings is 1. The second-order valence-corrected chi connectivity index (χ2v) is 5.28. The summed E-state index contributed by atoms with van der Waals surface area (Å²) < 4.78 is 53.0. The molecule has 21 heavy (non-hydrogen) atoms. The van der Waals surface area contributed by atoms with E-state index in [0.717, 1.165) is 0 Å². The molecule has 1 saturated heterocycles. The minimum atomic E-state index is -2.00. The average Bonchev–Trinajstić information content (AvgIpc) is 2.48. The number of carbonyl (C=O) groups is 1. The van der Waals surface area contributed by atoms with Crippen molar-refractivity contribution in [3.8, 4) is 0 Å². The maximum atomic E-state index is 13.7. The molecule has 1 fully saturated rings. The van der Waals surface area contributed by atoms with E-state index in [9.17, 15) is 22.4 Å². The largest absolute Gasteiger partial charge is 0.396 e. The smallest absolute Gasteiger partial charge is 0.257 e. The molecule has 1 aromatic rings. The highest BCUT2D eigenvalue weighted by Crippen LogP contribution is 2.26. The van der Waals surface area contributed by atoms with Gasteiger partial charge in [-0.1, -0.05) is 0 Å². The van der Waals surface area contributed by atoms with E-state index >= 15 is 0 Å². The van der Waals surface area contributed by atoms with Crippen LogP contribution in [0.4, 0.5) is 17.6 Å². The van der Waals surface area contributed by atoms with Crippen molar-refractivity contribution in [2.75, 3.05) is 13.2 Å². The van der Waals surface area contributed by atoms with Crippen LogP contribution in [0.25, 0.3) is 0 Å². The number of aliphatic hydroxyl groups excluding tert-OH is 1. The second-order valence-electron chi connectivity index (χ2n) is 5.28. The van der Waals surface area contributed by atoms with Crippen molar-refractivity contribution in [2.24, 2.45) is 5.92 Å². The summed E-state index contributed by atoms with van der Waals surface area (Å²) in [5.41, 5.74) is -0.836. The monoisotopic (exact) mass is 305 g/mol. The molecule has 116 valence electrons. The number of likely N-dealkylation sites (tertiary alicyclic amines) is 1. The van der Waals surface area contributed by atoms with E-state index < -0.39 is 34.7 Å². The Morgan fingerprint density at radius 3 is 2.52 bits per heavy atom. The average molecular weight is 305 g/mol. The molecule has 3 nitrogen and oxygen atoms in total. The van der Waals surface area contributed by atoms with Crippen LogP contribution in [0.3, 0.4) is 0 Å². The molecule has 0 bridgehead atoms. The molecule has 0 saturated carbocycles. The molecule has 0 aromatic heterocycles.